The van der Waals surface area contributed by atoms with Crippen LogP contribution in [0.2, 0.25) is 0 Å². The van der Waals surface area contributed by atoms with E-state index in [0.29, 0.717) is 5.56 Å². The second-order valence-electron chi connectivity index (χ2n) is 7.04. The molecule has 4 nitrogen and oxygen atoms in total. The molecule has 1 aromatic carbocycles. The molecule has 0 aliphatic rings. The summed E-state index contributed by atoms with van der Waals surface area (Å²) in [6, 6.07) is 6.94. The Balaban J connectivity index is 3.00. The maximum absolute atomic E-state index is 13.1. The molecule has 0 saturated heterocycles. The third-order valence-corrected chi connectivity index (χ3v) is 4.72. The third-order valence-electron chi connectivity index (χ3n) is 2.32. The molecule has 0 heterocycles. The number of aldehydes is 1. The summed E-state index contributed by atoms with van der Waals surface area (Å²) < 4.78 is 24.5. The van der Waals surface area contributed by atoms with Gasteiger partial charge < -0.3 is 9.05 Å². The zero-order valence-electron chi connectivity index (χ0n) is 13.7. The van der Waals surface area contributed by atoms with Crippen LogP contribution in [0.15, 0.2) is 24.3 Å². The Morgan fingerprint density at radius 3 is 1.71 bits per heavy atom. The summed E-state index contributed by atoms with van der Waals surface area (Å²) in [5.74, 6) is 0. The fraction of sp³-hybridized carbons (Fsp3) is 0.562. The quantitative estimate of drug-likeness (QED) is 0.577. The first-order valence-corrected chi connectivity index (χ1v) is 8.70. The van der Waals surface area contributed by atoms with Gasteiger partial charge in [0.1, 0.15) is 6.29 Å². The first kappa shape index (κ1) is 18.1. The minimum Gasteiger partial charge on any atom is -0.303 e. The Morgan fingerprint density at radius 1 is 0.952 bits per heavy atom. The molecule has 0 amide bonds. The highest BCUT2D eigenvalue weighted by Crippen LogP contribution is 2.56. The van der Waals surface area contributed by atoms with Crippen molar-refractivity contribution in [2.75, 3.05) is 0 Å². The van der Waals surface area contributed by atoms with Gasteiger partial charge in [0.25, 0.3) is 0 Å². The average Bonchev–Trinajstić information content (AvgIpc) is 2.24. The Kier molecular flexibility index (Phi) is 5.54. The zero-order chi connectivity index (χ0) is 16.3. The largest absolute Gasteiger partial charge is 0.336 e. The predicted molar refractivity (Wildman–Crippen MR) is 84.8 cm³/mol. The Labute approximate surface area is 127 Å². The molecule has 0 N–H and O–H groups in total. The van der Waals surface area contributed by atoms with Gasteiger partial charge in [-0.05, 0) is 47.1 Å². The summed E-state index contributed by atoms with van der Waals surface area (Å²) in [6.45, 7) is 11.1. The van der Waals surface area contributed by atoms with Crippen molar-refractivity contribution in [1.82, 2.24) is 0 Å². The molecule has 0 bridgehead atoms. The van der Waals surface area contributed by atoms with Gasteiger partial charge in [-0.15, -0.1) is 0 Å². The van der Waals surface area contributed by atoms with Crippen LogP contribution in [-0.2, 0) is 19.8 Å². The van der Waals surface area contributed by atoms with Crippen LogP contribution in [0.1, 0.15) is 57.5 Å². The van der Waals surface area contributed by atoms with Crippen molar-refractivity contribution in [3.8, 4) is 0 Å². The van der Waals surface area contributed by atoms with Crippen LogP contribution in [0.4, 0.5) is 0 Å². The maximum Gasteiger partial charge on any atom is 0.336 e. The summed E-state index contributed by atoms with van der Waals surface area (Å²) in [7, 11) is -3.30. The zero-order valence-corrected chi connectivity index (χ0v) is 14.6. The van der Waals surface area contributed by atoms with Crippen LogP contribution in [0.3, 0.4) is 0 Å². The molecule has 1 aromatic rings. The second kappa shape index (κ2) is 6.43. The van der Waals surface area contributed by atoms with Crippen LogP contribution in [0, 0.1) is 0 Å². The van der Waals surface area contributed by atoms with Gasteiger partial charge in [0, 0.05) is 5.56 Å². The molecule has 0 spiro atoms. The smallest absolute Gasteiger partial charge is 0.303 e. The third kappa shape index (κ3) is 7.03. The Hall–Kier alpha value is -0.960. The summed E-state index contributed by atoms with van der Waals surface area (Å²) in [4.78, 5) is 10.7. The number of benzene rings is 1. The van der Waals surface area contributed by atoms with E-state index in [1.165, 1.54) is 0 Å². The van der Waals surface area contributed by atoms with Crippen molar-refractivity contribution in [1.29, 1.82) is 0 Å². The average molecular weight is 312 g/mol. The lowest BCUT2D eigenvalue weighted by Crippen LogP contribution is -2.24. The molecular weight excluding hydrogens is 287 g/mol. The molecule has 0 aliphatic heterocycles. The van der Waals surface area contributed by atoms with Gasteiger partial charge in [-0.2, -0.15) is 0 Å². The van der Waals surface area contributed by atoms with Crippen molar-refractivity contribution in [2.45, 2.75) is 58.9 Å². The van der Waals surface area contributed by atoms with E-state index in [2.05, 4.69) is 0 Å². The number of carbonyl (C=O) groups is 1. The lowest BCUT2D eigenvalue weighted by molar-refractivity contribution is 0.0485. The van der Waals surface area contributed by atoms with E-state index in [0.717, 1.165) is 11.8 Å². The van der Waals surface area contributed by atoms with Gasteiger partial charge in [-0.3, -0.25) is 9.36 Å². The van der Waals surface area contributed by atoms with E-state index < -0.39 is 18.8 Å². The van der Waals surface area contributed by atoms with Crippen LogP contribution in [0.25, 0.3) is 0 Å². The molecule has 0 aliphatic carbocycles. The lowest BCUT2D eigenvalue weighted by Gasteiger charge is -2.32. The first-order valence-electron chi connectivity index (χ1n) is 6.97. The molecule has 0 radical (unpaired) electrons. The van der Waals surface area contributed by atoms with Crippen molar-refractivity contribution >= 4 is 13.9 Å². The molecule has 0 atom stereocenters. The lowest BCUT2D eigenvalue weighted by atomic mass is 10.2. The molecule has 1 rings (SSSR count). The highest BCUT2D eigenvalue weighted by Gasteiger charge is 2.35. The maximum atomic E-state index is 13.1. The summed E-state index contributed by atoms with van der Waals surface area (Å²) in [5.41, 5.74) is 0.270. The standard InChI is InChI=1S/C16H25O4P/c1-15(2,3)19-21(18,20-16(4,5)6)12-14-9-7-13(11-17)8-10-14/h7-11H,12H2,1-6H3. The van der Waals surface area contributed by atoms with Gasteiger partial charge in [-0.1, -0.05) is 24.3 Å². The van der Waals surface area contributed by atoms with Gasteiger partial charge in [-0.25, -0.2) is 0 Å². The van der Waals surface area contributed by atoms with Gasteiger partial charge >= 0.3 is 7.60 Å². The number of hydrogen-bond donors (Lipinski definition) is 0. The van der Waals surface area contributed by atoms with E-state index in [1.807, 2.05) is 41.5 Å². The van der Waals surface area contributed by atoms with E-state index >= 15 is 0 Å². The molecule has 0 unspecified atom stereocenters. The van der Waals surface area contributed by atoms with Gasteiger partial charge in [0.2, 0.25) is 0 Å². The molecule has 0 aromatic heterocycles. The summed E-state index contributed by atoms with van der Waals surface area (Å²) in [5, 5.41) is 0. The molecule has 0 saturated carbocycles. The van der Waals surface area contributed by atoms with Gasteiger partial charge in [0.15, 0.2) is 0 Å². The SMILES string of the molecule is CC(C)(C)OP(=O)(Cc1ccc(C=O)cc1)OC(C)(C)C. The van der Waals surface area contributed by atoms with Crippen molar-refractivity contribution in [2.24, 2.45) is 0 Å². The monoisotopic (exact) mass is 312 g/mol. The highest BCUT2D eigenvalue weighted by atomic mass is 31.2. The van der Waals surface area contributed by atoms with E-state index in [9.17, 15) is 9.36 Å². The van der Waals surface area contributed by atoms with E-state index in [-0.39, 0.29) is 6.16 Å². The molecule has 21 heavy (non-hydrogen) atoms. The van der Waals surface area contributed by atoms with Crippen LogP contribution < -0.4 is 0 Å². The summed E-state index contributed by atoms with van der Waals surface area (Å²) in [6.07, 6.45) is 0.960. The van der Waals surface area contributed by atoms with Crippen LogP contribution in [0.5, 0.6) is 0 Å². The van der Waals surface area contributed by atoms with Crippen molar-refractivity contribution in [3.05, 3.63) is 35.4 Å². The number of hydrogen-bond acceptors (Lipinski definition) is 4. The van der Waals surface area contributed by atoms with Crippen molar-refractivity contribution in [3.63, 3.8) is 0 Å². The van der Waals surface area contributed by atoms with Crippen LogP contribution in [-0.4, -0.2) is 17.5 Å². The fourth-order valence-corrected chi connectivity index (χ4v) is 4.34. The van der Waals surface area contributed by atoms with Crippen molar-refractivity contribution < 1.29 is 18.4 Å². The van der Waals surface area contributed by atoms with E-state index in [1.54, 1.807) is 24.3 Å². The summed E-state index contributed by atoms with van der Waals surface area (Å²) >= 11 is 0. The minimum absolute atomic E-state index is 0.181. The molecular formula is C16H25O4P. The number of carbonyl (C=O) groups excluding carboxylic acids is 1. The second-order valence-corrected chi connectivity index (χ2v) is 8.94. The normalized spacial score (nSPS) is 13.2. The first-order chi connectivity index (χ1) is 9.42. The number of rotatable bonds is 5. The molecule has 118 valence electrons. The van der Waals surface area contributed by atoms with Crippen LogP contribution >= 0.6 is 7.60 Å². The minimum atomic E-state index is -3.30. The van der Waals surface area contributed by atoms with Gasteiger partial charge in [0.05, 0.1) is 17.4 Å². The predicted octanol–water partition coefficient (Wildman–Crippen LogP) is 4.82. The molecule has 0 fully saturated rings. The Bertz CT molecular complexity index is 501. The Morgan fingerprint density at radius 2 is 1.38 bits per heavy atom. The topological polar surface area (TPSA) is 52.6 Å². The fourth-order valence-electron chi connectivity index (χ4n) is 1.84. The molecule has 5 heteroatoms. The highest BCUT2D eigenvalue weighted by molar-refractivity contribution is 7.53. The van der Waals surface area contributed by atoms with E-state index in [4.69, 9.17) is 9.05 Å².